The first-order chi connectivity index (χ1) is 12.3. The standard InChI is InChI=1S/C18H17N5O2/c24-13(8-19-17-16-18(21-10-20-16)23-11-22-17)9-25-15-7-3-5-12-4-1-2-6-14(12)15/h1-7,10-11,13,24H,8-9H2,(H2,19,20,21,22,23)/t13-/m0/s1. The molecule has 25 heavy (non-hydrogen) atoms. The number of benzene rings is 2. The Bertz CT molecular complexity index is 996. The summed E-state index contributed by atoms with van der Waals surface area (Å²) >= 11 is 0. The molecule has 2 aromatic heterocycles. The van der Waals surface area contributed by atoms with Crippen LogP contribution in [0.5, 0.6) is 5.75 Å². The van der Waals surface area contributed by atoms with Gasteiger partial charge in [-0.05, 0) is 11.5 Å². The Morgan fingerprint density at radius 3 is 2.92 bits per heavy atom. The van der Waals surface area contributed by atoms with E-state index < -0.39 is 6.10 Å². The Balaban J connectivity index is 1.39. The molecule has 0 aliphatic rings. The van der Waals surface area contributed by atoms with Gasteiger partial charge in [-0.25, -0.2) is 15.0 Å². The lowest BCUT2D eigenvalue weighted by atomic mass is 10.1. The zero-order valence-electron chi connectivity index (χ0n) is 13.4. The highest BCUT2D eigenvalue weighted by Gasteiger charge is 2.10. The van der Waals surface area contributed by atoms with E-state index in [-0.39, 0.29) is 6.61 Å². The smallest absolute Gasteiger partial charge is 0.182 e. The third kappa shape index (κ3) is 3.22. The van der Waals surface area contributed by atoms with Gasteiger partial charge in [0.2, 0.25) is 0 Å². The van der Waals surface area contributed by atoms with Gasteiger partial charge in [0.1, 0.15) is 30.3 Å². The van der Waals surface area contributed by atoms with Gasteiger partial charge < -0.3 is 20.1 Å². The lowest BCUT2D eigenvalue weighted by molar-refractivity contribution is 0.118. The van der Waals surface area contributed by atoms with Crippen molar-refractivity contribution in [3.8, 4) is 5.75 Å². The Morgan fingerprint density at radius 2 is 1.96 bits per heavy atom. The van der Waals surface area contributed by atoms with E-state index in [1.807, 2.05) is 42.5 Å². The van der Waals surface area contributed by atoms with Crippen LogP contribution in [0.15, 0.2) is 55.1 Å². The van der Waals surface area contributed by atoms with E-state index in [0.29, 0.717) is 23.5 Å². The normalized spacial score (nSPS) is 12.4. The zero-order valence-corrected chi connectivity index (χ0v) is 13.4. The number of nitrogens with one attached hydrogen (secondary N) is 2. The molecule has 7 nitrogen and oxygen atoms in total. The van der Waals surface area contributed by atoms with Crippen molar-refractivity contribution in [1.29, 1.82) is 0 Å². The number of aromatic amines is 1. The van der Waals surface area contributed by atoms with E-state index in [4.69, 9.17) is 4.74 Å². The van der Waals surface area contributed by atoms with Gasteiger partial charge in [0.15, 0.2) is 11.5 Å². The van der Waals surface area contributed by atoms with Crippen LogP contribution in [0.1, 0.15) is 0 Å². The van der Waals surface area contributed by atoms with E-state index in [1.54, 1.807) is 6.33 Å². The average molecular weight is 335 g/mol. The third-order valence-corrected chi connectivity index (χ3v) is 3.91. The molecule has 0 radical (unpaired) electrons. The average Bonchev–Trinajstić information content (AvgIpc) is 3.14. The second-order valence-corrected chi connectivity index (χ2v) is 5.65. The van der Waals surface area contributed by atoms with Crippen molar-refractivity contribution in [3.05, 3.63) is 55.1 Å². The number of rotatable bonds is 6. The second kappa shape index (κ2) is 6.74. The minimum Gasteiger partial charge on any atom is -0.490 e. The molecule has 0 unspecified atom stereocenters. The summed E-state index contributed by atoms with van der Waals surface area (Å²) in [6.07, 6.45) is 2.31. The first kappa shape index (κ1) is 15.3. The van der Waals surface area contributed by atoms with Crippen molar-refractivity contribution in [3.63, 3.8) is 0 Å². The summed E-state index contributed by atoms with van der Waals surface area (Å²) in [6, 6.07) is 13.9. The second-order valence-electron chi connectivity index (χ2n) is 5.65. The highest BCUT2D eigenvalue weighted by Crippen LogP contribution is 2.25. The molecular formula is C18H17N5O2. The van der Waals surface area contributed by atoms with Crippen LogP contribution < -0.4 is 10.1 Å². The minimum absolute atomic E-state index is 0.179. The highest BCUT2D eigenvalue weighted by atomic mass is 16.5. The van der Waals surface area contributed by atoms with Gasteiger partial charge in [0.25, 0.3) is 0 Å². The molecule has 4 rings (SSSR count). The Labute approximate surface area is 143 Å². The van der Waals surface area contributed by atoms with Crippen LogP contribution in [0.2, 0.25) is 0 Å². The van der Waals surface area contributed by atoms with Gasteiger partial charge in [-0.2, -0.15) is 0 Å². The third-order valence-electron chi connectivity index (χ3n) is 3.91. The van der Waals surface area contributed by atoms with Crippen molar-refractivity contribution in [2.45, 2.75) is 6.10 Å². The summed E-state index contributed by atoms with van der Waals surface area (Å²) in [5, 5.41) is 15.4. The molecule has 2 aromatic carbocycles. The topological polar surface area (TPSA) is 96.0 Å². The number of fused-ring (bicyclic) bond motifs is 2. The number of anilines is 1. The van der Waals surface area contributed by atoms with Gasteiger partial charge in [-0.15, -0.1) is 0 Å². The maximum absolute atomic E-state index is 10.2. The van der Waals surface area contributed by atoms with Crippen LogP contribution in [0.3, 0.4) is 0 Å². The first-order valence-electron chi connectivity index (χ1n) is 7.98. The molecule has 4 aromatic rings. The monoisotopic (exact) mass is 335 g/mol. The van der Waals surface area contributed by atoms with Gasteiger partial charge in [-0.1, -0.05) is 36.4 Å². The van der Waals surface area contributed by atoms with E-state index in [1.165, 1.54) is 6.33 Å². The number of aliphatic hydroxyl groups is 1. The number of hydrogen-bond donors (Lipinski definition) is 3. The fourth-order valence-electron chi connectivity index (χ4n) is 2.68. The van der Waals surface area contributed by atoms with E-state index >= 15 is 0 Å². The number of hydrogen-bond acceptors (Lipinski definition) is 6. The fraction of sp³-hybridized carbons (Fsp3) is 0.167. The van der Waals surface area contributed by atoms with Gasteiger partial charge >= 0.3 is 0 Å². The van der Waals surface area contributed by atoms with Crippen LogP contribution in [0.25, 0.3) is 21.9 Å². The first-order valence-corrected chi connectivity index (χ1v) is 7.98. The number of ether oxygens (including phenoxy) is 1. The SMILES string of the molecule is O[C@@H](CNc1ncnc2nc[nH]c12)COc1cccc2ccccc12. The molecule has 0 saturated carbocycles. The summed E-state index contributed by atoms with van der Waals surface area (Å²) < 4.78 is 5.80. The van der Waals surface area contributed by atoms with E-state index in [2.05, 4.69) is 25.3 Å². The number of aliphatic hydroxyl groups excluding tert-OH is 1. The molecule has 0 spiro atoms. The van der Waals surface area contributed by atoms with Crippen LogP contribution in [0.4, 0.5) is 5.82 Å². The van der Waals surface area contributed by atoms with Gasteiger partial charge in [-0.3, -0.25) is 0 Å². The number of nitrogens with zero attached hydrogens (tertiary/aromatic N) is 3. The predicted molar refractivity (Wildman–Crippen MR) is 95.6 cm³/mol. The molecule has 0 aliphatic carbocycles. The molecule has 126 valence electrons. The Hall–Kier alpha value is -3.19. The van der Waals surface area contributed by atoms with Crippen LogP contribution in [-0.4, -0.2) is 44.3 Å². The van der Waals surface area contributed by atoms with Crippen LogP contribution in [-0.2, 0) is 0 Å². The van der Waals surface area contributed by atoms with Gasteiger partial charge in [0.05, 0.1) is 6.33 Å². The number of aromatic nitrogens is 4. The van der Waals surface area contributed by atoms with Crippen molar-refractivity contribution in [2.75, 3.05) is 18.5 Å². The molecule has 2 heterocycles. The van der Waals surface area contributed by atoms with Gasteiger partial charge in [0, 0.05) is 11.9 Å². The number of H-pyrrole nitrogens is 1. The molecule has 0 saturated heterocycles. The lowest BCUT2D eigenvalue weighted by Crippen LogP contribution is -2.26. The van der Waals surface area contributed by atoms with Crippen LogP contribution in [0, 0.1) is 0 Å². The maximum atomic E-state index is 10.2. The summed E-state index contributed by atoms with van der Waals surface area (Å²) in [6.45, 7) is 0.480. The van der Waals surface area contributed by atoms with E-state index in [0.717, 1.165) is 16.5 Å². The van der Waals surface area contributed by atoms with Crippen molar-refractivity contribution in [2.24, 2.45) is 0 Å². The Morgan fingerprint density at radius 1 is 1.08 bits per heavy atom. The fourth-order valence-corrected chi connectivity index (χ4v) is 2.68. The molecule has 1 atom stereocenters. The van der Waals surface area contributed by atoms with Crippen LogP contribution >= 0.6 is 0 Å². The van der Waals surface area contributed by atoms with Crippen molar-refractivity contribution < 1.29 is 9.84 Å². The molecule has 3 N–H and O–H groups in total. The predicted octanol–water partition coefficient (Wildman–Crippen LogP) is 2.36. The summed E-state index contributed by atoms with van der Waals surface area (Å²) in [7, 11) is 0. The molecular weight excluding hydrogens is 318 g/mol. The summed E-state index contributed by atoms with van der Waals surface area (Å²) in [5.41, 5.74) is 1.30. The zero-order chi connectivity index (χ0) is 17.1. The minimum atomic E-state index is -0.688. The molecule has 0 bridgehead atoms. The molecule has 0 amide bonds. The Kier molecular flexibility index (Phi) is 4.14. The highest BCUT2D eigenvalue weighted by molar-refractivity contribution is 5.88. The molecule has 0 fully saturated rings. The van der Waals surface area contributed by atoms with Crippen molar-refractivity contribution in [1.82, 2.24) is 19.9 Å². The summed E-state index contributed by atoms with van der Waals surface area (Å²) in [5.74, 6) is 1.36. The molecule has 0 aliphatic heterocycles. The number of imidazole rings is 1. The maximum Gasteiger partial charge on any atom is 0.182 e. The lowest BCUT2D eigenvalue weighted by Gasteiger charge is -2.15. The largest absolute Gasteiger partial charge is 0.490 e. The summed E-state index contributed by atoms with van der Waals surface area (Å²) in [4.78, 5) is 15.3. The van der Waals surface area contributed by atoms with Crippen molar-refractivity contribution >= 4 is 27.8 Å². The molecule has 7 heteroatoms. The van der Waals surface area contributed by atoms with E-state index in [9.17, 15) is 5.11 Å². The quantitative estimate of drug-likeness (QED) is 0.500.